The molecule has 2 N–H and O–H groups in total. The Hall–Kier alpha value is -2.40. The Bertz CT molecular complexity index is 668. The number of fused-ring (bicyclic) bond motifs is 1. The summed E-state index contributed by atoms with van der Waals surface area (Å²) < 4.78 is 0. The quantitative estimate of drug-likeness (QED) is 0.730. The Balaban J connectivity index is 2.04. The first-order valence-electron chi connectivity index (χ1n) is 5.58. The molecular weight excluding hydrogens is 226 g/mol. The lowest BCUT2D eigenvalue weighted by Crippen LogP contribution is -2.15. The van der Waals surface area contributed by atoms with Crippen LogP contribution in [0.5, 0.6) is 0 Å². The van der Waals surface area contributed by atoms with Crippen molar-refractivity contribution in [3.05, 3.63) is 60.4 Å². The van der Waals surface area contributed by atoms with E-state index in [9.17, 15) is 0 Å². The minimum Gasteiger partial charge on any atom is -0.318 e. The third kappa shape index (κ3) is 1.91. The number of nitrogens with two attached hydrogens (primary N) is 1. The zero-order valence-corrected chi connectivity index (χ0v) is 9.56. The smallest absolute Gasteiger partial charge is 0.0931 e. The predicted octanol–water partition coefficient (Wildman–Crippen LogP) is 1.47. The molecular formula is C13H11N5. The van der Waals surface area contributed by atoms with E-state index < -0.39 is 6.04 Å². The molecule has 0 amide bonds. The number of aromatic nitrogens is 4. The number of benzene rings is 1. The van der Waals surface area contributed by atoms with Crippen LogP contribution in [0.1, 0.15) is 17.4 Å². The fourth-order valence-electron chi connectivity index (χ4n) is 1.74. The summed E-state index contributed by atoms with van der Waals surface area (Å²) in [5.41, 5.74) is 9.16. The molecule has 1 aromatic carbocycles. The molecule has 5 heteroatoms. The molecule has 0 fully saturated rings. The van der Waals surface area contributed by atoms with Crippen LogP contribution in [-0.4, -0.2) is 19.9 Å². The van der Waals surface area contributed by atoms with Gasteiger partial charge in [0.05, 0.1) is 40.9 Å². The number of nitrogens with zero attached hydrogens (tertiary/aromatic N) is 4. The van der Waals surface area contributed by atoms with Crippen LogP contribution >= 0.6 is 0 Å². The zero-order chi connectivity index (χ0) is 12.4. The van der Waals surface area contributed by atoms with E-state index in [0.29, 0.717) is 11.4 Å². The normalized spacial score (nSPS) is 12.5. The van der Waals surface area contributed by atoms with Gasteiger partial charge in [0.15, 0.2) is 0 Å². The average molecular weight is 237 g/mol. The average Bonchev–Trinajstić information content (AvgIpc) is 2.47. The topological polar surface area (TPSA) is 77.6 Å². The molecule has 0 spiro atoms. The van der Waals surface area contributed by atoms with Crippen LogP contribution in [0.2, 0.25) is 0 Å². The fourth-order valence-corrected chi connectivity index (χ4v) is 1.74. The Morgan fingerprint density at radius 1 is 0.889 bits per heavy atom. The van der Waals surface area contributed by atoms with E-state index in [0.717, 1.165) is 11.0 Å². The van der Waals surface area contributed by atoms with Crippen LogP contribution in [0.3, 0.4) is 0 Å². The summed E-state index contributed by atoms with van der Waals surface area (Å²) in [6.45, 7) is 0. The van der Waals surface area contributed by atoms with Crippen molar-refractivity contribution in [2.45, 2.75) is 6.04 Å². The Kier molecular flexibility index (Phi) is 2.66. The SMILES string of the molecule is NC(c1cnccn1)c1cnc2ccccc2n1. The maximum Gasteiger partial charge on any atom is 0.0931 e. The van der Waals surface area contributed by atoms with Crippen LogP contribution in [0.15, 0.2) is 49.1 Å². The lowest BCUT2D eigenvalue weighted by atomic mass is 10.1. The second-order valence-electron chi connectivity index (χ2n) is 3.89. The van der Waals surface area contributed by atoms with Crippen molar-refractivity contribution in [1.82, 2.24) is 19.9 Å². The number of hydrogen-bond donors (Lipinski definition) is 1. The standard InChI is InChI=1S/C13H11N5/c14-13(11-7-15-5-6-16-11)12-8-17-9-3-1-2-4-10(9)18-12/h1-8,13H,14H2. The molecule has 1 unspecified atom stereocenters. The van der Waals surface area contributed by atoms with Crippen LogP contribution < -0.4 is 5.73 Å². The lowest BCUT2D eigenvalue weighted by molar-refractivity contribution is 0.785. The van der Waals surface area contributed by atoms with Gasteiger partial charge in [-0.1, -0.05) is 12.1 Å². The Morgan fingerprint density at radius 3 is 2.50 bits per heavy atom. The van der Waals surface area contributed by atoms with Crippen LogP contribution in [0.25, 0.3) is 11.0 Å². The number of para-hydroxylation sites is 2. The fraction of sp³-hybridized carbons (Fsp3) is 0.0769. The summed E-state index contributed by atoms with van der Waals surface area (Å²) in [6, 6.07) is 7.28. The molecule has 2 aromatic heterocycles. The van der Waals surface area contributed by atoms with Crippen molar-refractivity contribution in [2.24, 2.45) is 5.73 Å². The monoisotopic (exact) mass is 237 g/mol. The molecule has 0 saturated carbocycles. The molecule has 3 aromatic rings. The van der Waals surface area contributed by atoms with Gasteiger partial charge in [-0.3, -0.25) is 15.0 Å². The van der Waals surface area contributed by atoms with Crippen molar-refractivity contribution in [1.29, 1.82) is 0 Å². The highest BCUT2D eigenvalue weighted by atomic mass is 14.9. The van der Waals surface area contributed by atoms with Crippen molar-refractivity contribution < 1.29 is 0 Å². The van der Waals surface area contributed by atoms with Crippen LogP contribution in [0.4, 0.5) is 0 Å². The highest BCUT2D eigenvalue weighted by Crippen LogP contribution is 2.16. The Labute approximate surface area is 104 Å². The summed E-state index contributed by atoms with van der Waals surface area (Å²) in [5.74, 6) is 0. The first-order chi connectivity index (χ1) is 8.84. The molecule has 0 bridgehead atoms. The molecule has 0 aliphatic carbocycles. The van der Waals surface area contributed by atoms with E-state index in [1.807, 2.05) is 24.3 Å². The summed E-state index contributed by atoms with van der Waals surface area (Å²) in [5, 5.41) is 0. The van der Waals surface area contributed by atoms with Crippen LogP contribution in [-0.2, 0) is 0 Å². The highest BCUT2D eigenvalue weighted by Gasteiger charge is 2.12. The maximum absolute atomic E-state index is 6.10. The molecule has 5 nitrogen and oxygen atoms in total. The largest absolute Gasteiger partial charge is 0.318 e. The molecule has 1 atom stereocenters. The second kappa shape index (κ2) is 4.46. The van der Waals surface area contributed by atoms with Crippen molar-refractivity contribution in [2.75, 3.05) is 0 Å². The van der Waals surface area contributed by atoms with Gasteiger partial charge in [-0.05, 0) is 12.1 Å². The van der Waals surface area contributed by atoms with Gasteiger partial charge in [0, 0.05) is 12.4 Å². The first kappa shape index (κ1) is 10.7. The summed E-state index contributed by atoms with van der Waals surface area (Å²) in [6.07, 6.45) is 6.55. The van der Waals surface area contributed by atoms with Gasteiger partial charge >= 0.3 is 0 Å². The summed E-state index contributed by atoms with van der Waals surface area (Å²) in [7, 11) is 0. The molecule has 0 radical (unpaired) electrons. The third-order valence-electron chi connectivity index (χ3n) is 2.69. The van der Waals surface area contributed by atoms with Gasteiger partial charge in [-0.15, -0.1) is 0 Å². The van der Waals surface area contributed by atoms with E-state index in [4.69, 9.17) is 5.73 Å². The molecule has 88 valence electrons. The lowest BCUT2D eigenvalue weighted by Gasteiger charge is -2.09. The van der Waals surface area contributed by atoms with E-state index in [1.54, 1.807) is 24.8 Å². The van der Waals surface area contributed by atoms with Crippen molar-refractivity contribution in [3.63, 3.8) is 0 Å². The summed E-state index contributed by atoms with van der Waals surface area (Å²) in [4.78, 5) is 17.0. The van der Waals surface area contributed by atoms with Gasteiger partial charge in [-0.2, -0.15) is 0 Å². The van der Waals surface area contributed by atoms with Gasteiger partial charge in [0.1, 0.15) is 0 Å². The molecule has 3 rings (SSSR count). The van der Waals surface area contributed by atoms with Crippen molar-refractivity contribution >= 4 is 11.0 Å². The number of hydrogen-bond acceptors (Lipinski definition) is 5. The molecule has 0 saturated heterocycles. The minimum absolute atomic E-state index is 0.407. The number of rotatable bonds is 2. The van der Waals surface area contributed by atoms with E-state index in [-0.39, 0.29) is 0 Å². The molecule has 18 heavy (non-hydrogen) atoms. The van der Waals surface area contributed by atoms with Gasteiger partial charge in [-0.25, -0.2) is 4.98 Å². The Morgan fingerprint density at radius 2 is 1.72 bits per heavy atom. The van der Waals surface area contributed by atoms with Crippen LogP contribution in [0, 0.1) is 0 Å². The second-order valence-corrected chi connectivity index (χ2v) is 3.89. The summed E-state index contributed by atoms with van der Waals surface area (Å²) >= 11 is 0. The molecule has 2 heterocycles. The van der Waals surface area contributed by atoms with E-state index in [1.165, 1.54) is 0 Å². The molecule has 0 aliphatic heterocycles. The minimum atomic E-state index is -0.407. The first-order valence-corrected chi connectivity index (χ1v) is 5.58. The highest BCUT2D eigenvalue weighted by molar-refractivity contribution is 5.73. The maximum atomic E-state index is 6.10. The van der Waals surface area contributed by atoms with Crippen molar-refractivity contribution in [3.8, 4) is 0 Å². The predicted molar refractivity (Wildman–Crippen MR) is 67.6 cm³/mol. The van der Waals surface area contributed by atoms with Gasteiger partial charge < -0.3 is 5.73 Å². The van der Waals surface area contributed by atoms with E-state index >= 15 is 0 Å². The third-order valence-corrected chi connectivity index (χ3v) is 2.69. The van der Waals surface area contributed by atoms with Gasteiger partial charge in [0.2, 0.25) is 0 Å². The zero-order valence-electron chi connectivity index (χ0n) is 9.56. The van der Waals surface area contributed by atoms with Gasteiger partial charge in [0.25, 0.3) is 0 Å². The van der Waals surface area contributed by atoms with E-state index in [2.05, 4.69) is 19.9 Å². The molecule has 0 aliphatic rings.